The summed E-state index contributed by atoms with van der Waals surface area (Å²) in [6, 6.07) is 10.3. The summed E-state index contributed by atoms with van der Waals surface area (Å²) in [6.07, 6.45) is 8.66. The summed E-state index contributed by atoms with van der Waals surface area (Å²) < 4.78 is 0. The van der Waals surface area contributed by atoms with Gasteiger partial charge in [0.25, 0.3) is 5.54 Å². The SMILES string of the molecule is [C-]#[N+]C1(c2ncccc2-c2ccc([C@H](CO)NC(=O)Nc3csc(C#C)n3)cc2)CC1. The van der Waals surface area contributed by atoms with Crippen LogP contribution in [-0.2, 0) is 5.54 Å². The molecule has 8 heteroatoms. The van der Waals surface area contributed by atoms with Crippen LogP contribution >= 0.6 is 11.3 Å². The van der Waals surface area contributed by atoms with Crippen molar-refractivity contribution >= 4 is 23.2 Å². The van der Waals surface area contributed by atoms with E-state index in [1.807, 2.05) is 36.4 Å². The van der Waals surface area contributed by atoms with E-state index >= 15 is 0 Å². The molecule has 154 valence electrons. The van der Waals surface area contributed by atoms with Crippen LogP contribution in [0.3, 0.4) is 0 Å². The minimum Gasteiger partial charge on any atom is -0.394 e. The van der Waals surface area contributed by atoms with Crippen LogP contribution in [0.5, 0.6) is 0 Å². The van der Waals surface area contributed by atoms with Crippen LogP contribution in [0.1, 0.15) is 35.1 Å². The number of hydrogen-bond donors (Lipinski definition) is 3. The van der Waals surface area contributed by atoms with Gasteiger partial charge in [-0.25, -0.2) is 16.4 Å². The van der Waals surface area contributed by atoms with Crippen LogP contribution in [0.4, 0.5) is 10.6 Å². The highest BCUT2D eigenvalue weighted by Gasteiger charge is 2.55. The largest absolute Gasteiger partial charge is 0.394 e. The van der Waals surface area contributed by atoms with Gasteiger partial charge in [0, 0.05) is 30.0 Å². The lowest BCUT2D eigenvalue weighted by Crippen LogP contribution is -2.34. The zero-order chi connectivity index (χ0) is 21.8. The third kappa shape index (κ3) is 4.26. The van der Waals surface area contributed by atoms with E-state index in [1.54, 1.807) is 11.6 Å². The van der Waals surface area contributed by atoms with E-state index in [0.29, 0.717) is 10.8 Å². The number of nitrogens with one attached hydrogen (secondary N) is 2. The molecule has 1 saturated carbocycles. The molecule has 31 heavy (non-hydrogen) atoms. The van der Waals surface area contributed by atoms with E-state index in [2.05, 4.69) is 31.4 Å². The Balaban J connectivity index is 1.49. The minimum atomic E-state index is -0.592. The zero-order valence-electron chi connectivity index (χ0n) is 16.5. The molecule has 1 aliphatic rings. The van der Waals surface area contributed by atoms with Gasteiger partial charge in [0.1, 0.15) is 11.5 Å². The topological polar surface area (TPSA) is 91.5 Å². The normalized spacial score (nSPS) is 14.7. The van der Waals surface area contributed by atoms with E-state index in [-0.39, 0.29) is 6.61 Å². The van der Waals surface area contributed by atoms with Crippen LogP contribution in [0.15, 0.2) is 48.0 Å². The summed E-state index contributed by atoms with van der Waals surface area (Å²) in [5.41, 5.74) is 2.93. The number of aliphatic hydroxyl groups excluding tert-OH is 1. The van der Waals surface area contributed by atoms with Crippen molar-refractivity contribution in [1.29, 1.82) is 0 Å². The number of anilines is 1. The Morgan fingerprint density at radius 2 is 2.13 bits per heavy atom. The summed E-state index contributed by atoms with van der Waals surface area (Å²) in [7, 11) is 0. The number of rotatable bonds is 6. The molecule has 4 rings (SSSR count). The van der Waals surface area contributed by atoms with Crippen molar-refractivity contribution in [3.05, 3.63) is 75.7 Å². The van der Waals surface area contributed by atoms with Gasteiger partial charge in [0.15, 0.2) is 5.01 Å². The average molecular weight is 430 g/mol. The molecule has 3 aromatic rings. The second-order valence-electron chi connectivity index (χ2n) is 7.18. The van der Waals surface area contributed by atoms with Crippen LogP contribution in [0.25, 0.3) is 16.0 Å². The number of thiazole rings is 1. The third-order valence-electron chi connectivity index (χ3n) is 5.17. The third-order valence-corrected chi connectivity index (χ3v) is 5.94. The van der Waals surface area contributed by atoms with Gasteiger partial charge in [-0.2, -0.15) is 0 Å². The molecule has 2 amide bonds. The molecule has 1 aliphatic carbocycles. The Bertz CT molecular complexity index is 1190. The first-order valence-electron chi connectivity index (χ1n) is 9.63. The predicted octanol–water partition coefficient (Wildman–Crippen LogP) is 3.95. The molecule has 7 nitrogen and oxygen atoms in total. The number of aliphatic hydroxyl groups is 1. The number of hydrogen-bond acceptors (Lipinski definition) is 5. The summed E-state index contributed by atoms with van der Waals surface area (Å²) in [5.74, 6) is 2.77. The number of carbonyl (C=O) groups excluding carboxylic acids is 1. The fourth-order valence-corrected chi connectivity index (χ4v) is 3.92. The maximum absolute atomic E-state index is 12.3. The van der Waals surface area contributed by atoms with E-state index in [9.17, 15) is 9.90 Å². The number of pyridine rings is 1. The summed E-state index contributed by atoms with van der Waals surface area (Å²) in [5, 5.41) is 17.3. The van der Waals surface area contributed by atoms with Crippen LogP contribution < -0.4 is 10.6 Å². The average Bonchev–Trinajstić information content (AvgIpc) is 3.49. The van der Waals surface area contributed by atoms with Crippen molar-refractivity contribution in [2.45, 2.75) is 24.4 Å². The number of aromatic nitrogens is 2. The lowest BCUT2D eigenvalue weighted by molar-refractivity contribution is 0.225. The van der Waals surface area contributed by atoms with Gasteiger partial charge in [0.2, 0.25) is 0 Å². The maximum atomic E-state index is 12.3. The van der Waals surface area contributed by atoms with E-state index < -0.39 is 17.6 Å². The Hall–Kier alpha value is -3.72. The lowest BCUT2D eigenvalue weighted by Gasteiger charge is -2.17. The van der Waals surface area contributed by atoms with Crippen LogP contribution in [0.2, 0.25) is 0 Å². The van der Waals surface area contributed by atoms with Gasteiger partial charge < -0.3 is 15.3 Å². The number of urea groups is 1. The molecular formula is C23H19N5O2S. The number of carbonyl (C=O) groups is 1. The van der Waals surface area contributed by atoms with Crippen LogP contribution in [-0.4, -0.2) is 27.7 Å². The highest BCUT2D eigenvalue weighted by Crippen LogP contribution is 2.51. The van der Waals surface area contributed by atoms with Gasteiger partial charge in [-0.15, -0.1) is 17.8 Å². The molecule has 0 aliphatic heterocycles. The molecule has 2 aromatic heterocycles. The highest BCUT2D eigenvalue weighted by atomic mass is 32.1. The Labute approximate surface area is 184 Å². The second-order valence-corrected chi connectivity index (χ2v) is 8.04. The van der Waals surface area contributed by atoms with E-state index in [1.165, 1.54) is 11.3 Å². The van der Waals surface area contributed by atoms with Crippen molar-refractivity contribution in [3.63, 3.8) is 0 Å². The fourth-order valence-electron chi connectivity index (χ4n) is 3.37. The first kappa shape index (κ1) is 20.5. The first-order valence-corrected chi connectivity index (χ1v) is 10.5. The van der Waals surface area contributed by atoms with Crippen molar-refractivity contribution in [2.75, 3.05) is 11.9 Å². The second kappa shape index (κ2) is 8.57. The van der Waals surface area contributed by atoms with Gasteiger partial charge in [-0.05, 0) is 23.1 Å². The van der Waals surface area contributed by atoms with E-state index in [0.717, 1.165) is 35.2 Å². The molecule has 0 saturated heterocycles. The fraction of sp³-hybridized carbons (Fsp3) is 0.217. The predicted molar refractivity (Wildman–Crippen MR) is 119 cm³/mol. The number of benzene rings is 1. The van der Waals surface area contributed by atoms with Gasteiger partial charge in [-0.3, -0.25) is 10.3 Å². The van der Waals surface area contributed by atoms with Gasteiger partial charge in [-0.1, -0.05) is 30.3 Å². The highest BCUT2D eigenvalue weighted by molar-refractivity contribution is 7.10. The molecule has 1 aromatic carbocycles. The molecule has 3 N–H and O–H groups in total. The maximum Gasteiger partial charge on any atom is 0.320 e. The molecule has 0 bridgehead atoms. The quantitative estimate of drug-likeness (QED) is 0.409. The molecule has 0 radical (unpaired) electrons. The van der Waals surface area contributed by atoms with Crippen molar-refractivity contribution in [2.24, 2.45) is 0 Å². The number of terminal acetylenes is 1. The van der Waals surface area contributed by atoms with Crippen molar-refractivity contribution < 1.29 is 9.90 Å². The Kier molecular flexibility index (Phi) is 5.68. The zero-order valence-corrected chi connectivity index (χ0v) is 17.3. The number of amides is 2. The molecule has 1 fully saturated rings. The first-order chi connectivity index (χ1) is 15.1. The number of nitrogens with zero attached hydrogens (tertiary/aromatic N) is 3. The molecule has 2 heterocycles. The minimum absolute atomic E-state index is 0.265. The van der Waals surface area contributed by atoms with E-state index in [4.69, 9.17) is 13.0 Å². The summed E-state index contributed by atoms with van der Waals surface area (Å²) in [4.78, 5) is 24.7. The van der Waals surface area contributed by atoms with Crippen LogP contribution in [0, 0.1) is 18.9 Å². The molecule has 0 unspecified atom stereocenters. The molecular weight excluding hydrogens is 410 g/mol. The van der Waals surface area contributed by atoms with Gasteiger partial charge in [0.05, 0.1) is 12.6 Å². The summed E-state index contributed by atoms with van der Waals surface area (Å²) in [6.45, 7) is 7.27. The Morgan fingerprint density at radius 1 is 1.35 bits per heavy atom. The smallest absolute Gasteiger partial charge is 0.320 e. The molecule has 0 spiro atoms. The molecule has 1 atom stereocenters. The standard InChI is InChI=1S/C23H19N5O2S/c1-3-20-27-19(14-31-20)28-22(30)26-18(13-29)16-8-6-15(7-9-16)17-5-4-12-25-21(17)23(24-2)10-11-23/h1,4-9,12,14,18,29H,10-11,13H2,(H2,26,28,30)/t18-/m0/s1. The Morgan fingerprint density at radius 3 is 2.74 bits per heavy atom. The monoisotopic (exact) mass is 429 g/mol. The summed E-state index contributed by atoms with van der Waals surface area (Å²) >= 11 is 1.26. The van der Waals surface area contributed by atoms with Gasteiger partial charge >= 0.3 is 6.03 Å². The van der Waals surface area contributed by atoms with Crippen molar-refractivity contribution in [1.82, 2.24) is 15.3 Å². The lowest BCUT2D eigenvalue weighted by atomic mass is 9.96. The van der Waals surface area contributed by atoms with Crippen molar-refractivity contribution in [3.8, 4) is 23.5 Å².